The number of benzene rings is 3. The molecule has 1 atom stereocenters. The third-order valence-corrected chi connectivity index (χ3v) is 8.61. The molecule has 1 saturated heterocycles. The van der Waals surface area contributed by atoms with Crippen LogP contribution in [0.1, 0.15) is 75.6 Å². The normalized spacial score (nSPS) is 17.1. The van der Waals surface area contributed by atoms with Crippen molar-refractivity contribution in [2.24, 2.45) is 5.92 Å². The maximum absolute atomic E-state index is 4.54. The van der Waals surface area contributed by atoms with Gasteiger partial charge in [0.05, 0.1) is 5.41 Å². The van der Waals surface area contributed by atoms with Crippen LogP contribution in [0.3, 0.4) is 0 Å². The Labute approximate surface area is 237 Å². The van der Waals surface area contributed by atoms with Crippen molar-refractivity contribution in [3.05, 3.63) is 114 Å². The first-order valence-electron chi connectivity index (χ1n) is 15.0. The average Bonchev–Trinajstić information content (AvgIpc) is 3.50. The summed E-state index contributed by atoms with van der Waals surface area (Å²) in [4.78, 5) is 2.65. The molecule has 1 unspecified atom stereocenters. The summed E-state index contributed by atoms with van der Waals surface area (Å²) in [6.45, 7) is 21.9. The highest BCUT2D eigenvalue weighted by Gasteiger charge is 2.44. The molecule has 0 radical (unpaired) electrons. The van der Waals surface area contributed by atoms with E-state index in [2.05, 4.69) is 124 Å². The van der Waals surface area contributed by atoms with Gasteiger partial charge in [-0.3, -0.25) is 0 Å². The van der Waals surface area contributed by atoms with Gasteiger partial charge >= 0.3 is 0 Å². The molecular weight excluding hydrogens is 472 g/mol. The van der Waals surface area contributed by atoms with Crippen molar-refractivity contribution in [1.82, 2.24) is 10.2 Å². The second-order valence-electron chi connectivity index (χ2n) is 11.4. The number of likely N-dealkylation sites (N-methyl/N-ethyl adjacent to an activating group) is 1. The maximum atomic E-state index is 4.54. The fraction of sp³-hybridized carbons (Fsp3) is 0.405. The molecule has 1 aliphatic carbocycles. The van der Waals surface area contributed by atoms with E-state index in [4.69, 9.17) is 0 Å². The first-order chi connectivity index (χ1) is 18.9. The number of hydrogen-bond acceptors (Lipinski definition) is 2. The SMILES string of the molecule is C=C(C)c1ccccc1CC.C=C(NCC)C1(CCCCN2CCC(C)C2)c2ccccc2-c2ccccc21. The van der Waals surface area contributed by atoms with Gasteiger partial charge in [0.15, 0.2) is 0 Å². The molecule has 0 aromatic heterocycles. The Hall–Kier alpha value is -3.10. The number of fused-ring (bicyclic) bond motifs is 3. The minimum absolute atomic E-state index is 0.110. The summed E-state index contributed by atoms with van der Waals surface area (Å²) in [6.07, 6.45) is 6.05. The molecule has 2 aliphatic rings. The molecule has 3 aromatic rings. The molecule has 0 bridgehead atoms. The molecule has 1 fully saturated rings. The smallest absolute Gasteiger partial charge is 0.0604 e. The highest BCUT2D eigenvalue weighted by Crippen LogP contribution is 2.54. The van der Waals surface area contributed by atoms with E-state index in [9.17, 15) is 0 Å². The van der Waals surface area contributed by atoms with E-state index in [1.54, 1.807) is 0 Å². The zero-order chi connectivity index (χ0) is 27.8. The van der Waals surface area contributed by atoms with Gasteiger partial charge in [-0.1, -0.05) is 112 Å². The molecule has 1 heterocycles. The summed E-state index contributed by atoms with van der Waals surface area (Å²) >= 11 is 0. The Bertz CT molecular complexity index is 1220. The van der Waals surface area contributed by atoms with Gasteiger partial charge in [-0.15, -0.1) is 0 Å². The summed E-state index contributed by atoms with van der Waals surface area (Å²) in [5.41, 5.74) is 10.5. The van der Waals surface area contributed by atoms with Gasteiger partial charge in [0, 0.05) is 18.8 Å². The Morgan fingerprint density at radius 3 is 2.05 bits per heavy atom. The lowest BCUT2D eigenvalue weighted by atomic mass is 9.72. The molecule has 1 aliphatic heterocycles. The van der Waals surface area contributed by atoms with Crippen LogP contribution in [-0.2, 0) is 11.8 Å². The number of allylic oxidation sites excluding steroid dienone is 2. The Morgan fingerprint density at radius 2 is 1.51 bits per heavy atom. The highest BCUT2D eigenvalue weighted by atomic mass is 15.1. The minimum Gasteiger partial charge on any atom is -0.388 e. The largest absolute Gasteiger partial charge is 0.388 e. The van der Waals surface area contributed by atoms with Crippen LogP contribution in [0.2, 0.25) is 0 Å². The highest BCUT2D eigenvalue weighted by molar-refractivity contribution is 5.82. The second kappa shape index (κ2) is 13.3. The van der Waals surface area contributed by atoms with Gasteiger partial charge in [-0.05, 0) is 91.9 Å². The van der Waals surface area contributed by atoms with Gasteiger partial charge < -0.3 is 10.2 Å². The van der Waals surface area contributed by atoms with Gasteiger partial charge in [0.2, 0.25) is 0 Å². The van der Waals surface area contributed by atoms with Crippen molar-refractivity contribution in [2.45, 2.75) is 65.2 Å². The van der Waals surface area contributed by atoms with E-state index >= 15 is 0 Å². The number of hydrogen-bond donors (Lipinski definition) is 1. The van der Waals surface area contributed by atoms with E-state index in [0.29, 0.717) is 0 Å². The van der Waals surface area contributed by atoms with Crippen LogP contribution in [0.5, 0.6) is 0 Å². The number of likely N-dealkylation sites (tertiary alicyclic amines) is 1. The number of rotatable bonds is 10. The van der Waals surface area contributed by atoms with E-state index < -0.39 is 0 Å². The predicted molar refractivity (Wildman–Crippen MR) is 170 cm³/mol. The van der Waals surface area contributed by atoms with E-state index in [1.807, 2.05) is 0 Å². The van der Waals surface area contributed by atoms with Crippen LogP contribution in [0.4, 0.5) is 0 Å². The van der Waals surface area contributed by atoms with Gasteiger partial charge in [0.25, 0.3) is 0 Å². The van der Waals surface area contributed by atoms with Crippen LogP contribution in [0.15, 0.2) is 91.7 Å². The molecule has 1 N–H and O–H groups in total. The van der Waals surface area contributed by atoms with Crippen LogP contribution in [0.25, 0.3) is 16.7 Å². The molecule has 206 valence electrons. The van der Waals surface area contributed by atoms with Gasteiger partial charge in [-0.25, -0.2) is 0 Å². The van der Waals surface area contributed by atoms with Crippen molar-refractivity contribution in [3.63, 3.8) is 0 Å². The van der Waals surface area contributed by atoms with Crippen molar-refractivity contribution in [1.29, 1.82) is 0 Å². The molecule has 2 nitrogen and oxygen atoms in total. The molecule has 0 saturated carbocycles. The van der Waals surface area contributed by atoms with Crippen LogP contribution < -0.4 is 5.32 Å². The van der Waals surface area contributed by atoms with Gasteiger partial charge in [0.1, 0.15) is 0 Å². The fourth-order valence-electron chi connectivity index (χ4n) is 6.63. The number of aryl methyl sites for hydroxylation is 1. The van der Waals surface area contributed by atoms with Crippen molar-refractivity contribution in [2.75, 3.05) is 26.2 Å². The lowest BCUT2D eigenvalue weighted by Gasteiger charge is -2.35. The summed E-state index contributed by atoms with van der Waals surface area (Å²) in [6, 6.07) is 26.3. The molecule has 2 heteroatoms. The average molecular weight is 521 g/mol. The quantitative estimate of drug-likeness (QED) is 0.269. The first kappa shape index (κ1) is 28.9. The number of nitrogens with zero attached hydrogens (tertiary/aromatic N) is 1. The lowest BCUT2D eigenvalue weighted by Crippen LogP contribution is -2.35. The lowest BCUT2D eigenvalue weighted by molar-refractivity contribution is 0.314. The zero-order valence-electron chi connectivity index (χ0n) is 24.7. The third kappa shape index (κ3) is 6.23. The molecule has 39 heavy (non-hydrogen) atoms. The summed E-state index contributed by atoms with van der Waals surface area (Å²) in [5, 5.41) is 3.59. The van der Waals surface area contributed by atoms with Crippen molar-refractivity contribution in [3.8, 4) is 11.1 Å². The monoisotopic (exact) mass is 520 g/mol. The molecule has 0 spiro atoms. The fourth-order valence-corrected chi connectivity index (χ4v) is 6.63. The summed E-state index contributed by atoms with van der Waals surface area (Å²) < 4.78 is 0. The first-order valence-corrected chi connectivity index (χ1v) is 15.0. The Morgan fingerprint density at radius 1 is 0.897 bits per heavy atom. The van der Waals surface area contributed by atoms with Crippen LogP contribution in [0, 0.1) is 5.92 Å². The summed E-state index contributed by atoms with van der Waals surface area (Å²) in [5.74, 6) is 0.869. The predicted octanol–water partition coefficient (Wildman–Crippen LogP) is 8.87. The van der Waals surface area contributed by atoms with E-state index in [-0.39, 0.29) is 5.41 Å². The number of unbranched alkanes of at least 4 members (excludes halogenated alkanes) is 1. The molecule has 0 amide bonds. The molecule has 3 aromatic carbocycles. The topological polar surface area (TPSA) is 15.3 Å². The van der Waals surface area contributed by atoms with Crippen LogP contribution in [-0.4, -0.2) is 31.1 Å². The molecular formula is C37H48N2. The van der Waals surface area contributed by atoms with Crippen molar-refractivity contribution >= 4 is 5.57 Å². The maximum Gasteiger partial charge on any atom is 0.0604 e. The minimum atomic E-state index is -0.110. The standard InChI is InChI=1S/C26H34N2.C11H14/c1-4-27-21(3)26(16-9-10-17-28-18-15-20(2)19-28)24-13-7-5-11-22(24)23-12-6-8-14-25(23)26;1-4-10-7-5-6-8-11(10)9(2)3/h5-8,11-14,20,27H,3-4,9-10,15-19H2,1-2H3;5-8H,2,4H2,1,3H3. The number of nitrogens with one attached hydrogen (secondary N) is 1. The van der Waals surface area contributed by atoms with E-state index in [0.717, 1.165) is 36.6 Å². The summed E-state index contributed by atoms with van der Waals surface area (Å²) in [7, 11) is 0. The van der Waals surface area contributed by atoms with Crippen LogP contribution >= 0.6 is 0 Å². The van der Waals surface area contributed by atoms with Crippen molar-refractivity contribution < 1.29 is 0 Å². The van der Waals surface area contributed by atoms with E-state index in [1.165, 1.54) is 72.3 Å². The second-order valence-corrected chi connectivity index (χ2v) is 11.4. The third-order valence-electron chi connectivity index (χ3n) is 8.61. The Kier molecular flexibility index (Phi) is 9.86. The Balaban J connectivity index is 0.000000270. The zero-order valence-corrected chi connectivity index (χ0v) is 24.7. The molecule has 5 rings (SSSR count). The van der Waals surface area contributed by atoms with Gasteiger partial charge in [-0.2, -0.15) is 0 Å².